The van der Waals surface area contributed by atoms with E-state index in [9.17, 15) is 5.11 Å². The Morgan fingerprint density at radius 2 is 2.00 bits per heavy atom. The second-order valence-electron chi connectivity index (χ2n) is 2.86. The summed E-state index contributed by atoms with van der Waals surface area (Å²) >= 11 is 4.86. The van der Waals surface area contributed by atoms with Gasteiger partial charge in [-0.3, -0.25) is 0 Å². The van der Waals surface area contributed by atoms with Gasteiger partial charge in [0, 0.05) is 17.7 Å². The number of hydrogen-bond acceptors (Lipinski definition) is 4. The van der Waals surface area contributed by atoms with Crippen LogP contribution in [0.15, 0.2) is 15.9 Å². The van der Waals surface area contributed by atoms with Crippen molar-refractivity contribution >= 4 is 27.3 Å². The average molecular weight is 295 g/mol. The minimum atomic E-state index is -0.737. The third-order valence-corrected chi connectivity index (χ3v) is 3.77. The molecule has 5 heteroatoms. The Morgan fingerprint density at radius 3 is 2.40 bits per heavy atom. The first-order valence-corrected chi connectivity index (χ1v) is 6.52. The van der Waals surface area contributed by atoms with E-state index in [-0.39, 0.29) is 0 Å². The monoisotopic (exact) mass is 294 g/mol. The van der Waals surface area contributed by atoms with Crippen molar-refractivity contribution in [3.8, 4) is 0 Å². The van der Waals surface area contributed by atoms with Gasteiger partial charge in [-0.05, 0) is 41.2 Å². The van der Waals surface area contributed by atoms with E-state index in [1.165, 1.54) is 11.3 Å². The van der Waals surface area contributed by atoms with Gasteiger partial charge in [0.05, 0.1) is 4.88 Å². The highest BCUT2D eigenvalue weighted by Gasteiger charge is 2.24. The van der Waals surface area contributed by atoms with Gasteiger partial charge < -0.3 is 14.6 Å². The summed E-state index contributed by atoms with van der Waals surface area (Å²) in [4.78, 5) is 0.835. The second kappa shape index (κ2) is 6.60. The molecule has 0 aliphatic carbocycles. The number of rotatable bonds is 6. The number of aliphatic hydroxyl groups excluding tert-OH is 1. The average Bonchev–Trinajstić information content (AvgIpc) is 2.63. The van der Waals surface area contributed by atoms with Crippen LogP contribution >= 0.6 is 27.3 Å². The van der Waals surface area contributed by atoms with Crippen molar-refractivity contribution in [1.29, 1.82) is 0 Å². The molecule has 86 valence electrons. The van der Waals surface area contributed by atoms with Crippen molar-refractivity contribution < 1.29 is 14.6 Å². The summed E-state index contributed by atoms with van der Waals surface area (Å²) in [7, 11) is 0. The SMILES string of the molecule is CCOC(OCC)C(O)c1sccc1Br. The summed E-state index contributed by atoms with van der Waals surface area (Å²) in [6, 6.07) is 1.90. The first-order valence-electron chi connectivity index (χ1n) is 4.84. The fraction of sp³-hybridized carbons (Fsp3) is 0.600. The molecule has 1 atom stereocenters. The lowest BCUT2D eigenvalue weighted by molar-refractivity contribution is -0.190. The standard InChI is InChI=1S/C10H15BrO3S/c1-3-13-10(14-4-2)8(12)9-7(11)5-6-15-9/h5-6,8,10,12H,3-4H2,1-2H3. The number of ether oxygens (including phenoxy) is 2. The molecule has 1 aromatic rings. The molecular weight excluding hydrogens is 280 g/mol. The van der Waals surface area contributed by atoms with Crippen LogP contribution in [0, 0.1) is 0 Å². The Labute approximate surface area is 102 Å². The van der Waals surface area contributed by atoms with Crippen LogP contribution in [0.25, 0.3) is 0 Å². The van der Waals surface area contributed by atoms with Gasteiger partial charge in [0.25, 0.3) is 0 Å². The lowest BCUT2D eigenvalue weighted by Crippen LogP contribution is -2.25. The summed E-state index contributed by atoms with van der Waals surface area (Å²) in [6.45, 7) is 4.79. The highest BCUT2D eigenvalue weighted by molar-refractivity contribution is 9.10. The van der Waals surface area contributed by atoms with E-state index < -0.39 is 12.4 Å². The van der Waals surface area contributed by atoms with Crippen LogP contribution in [0.1, 0.15) is 24.8 Å². The summed E-state index contributed by atoms with van der Waals surface area (Å²) in [5, 5.41) is 12.0. The van der Waals surface area contributed by atoms with Crippen molar-refractivity contribution in [1.82, 2.24) is 0 Å². The minimum Gasteiger partial charge on any atom is -0.382 e. The van der Waals surface area contributed by atoms with Gasteiger partial charge in [0.1, 0.15) is 6.10 Å². The van der Waals surface area contributed by atoms with E-state index in [0.717, 1.165) is 9.35 Å². The third-order valence-electron chi connectivity index (χ3n) is 1.83. The van der Waals surface area contributed by atoms with Gasteiger partial charge >= 0.3 is 0 Å². The van der Waals surface area contributed by atoms with Crippen molar-refractivity contribution in [2.45, 2.75) is 26.2 Å². The highest BCUT2D eigenvalue weighted by Crippen LogP contribution is 2.32. The van der Waals surface area contributed by atoms with E-state index in [4.69, 9.17) is 9.47 Å². The predicted molar refractivity (Wildman–Crippen MR) is 64.0 cm³/mol. The van der Waals surface area contributed by atoms with Gasteiger partial charge in [0.2, 0.25) is 0 Å². The normalized spacial score (nSPS) is 13.4. The molecule has 15 heavy (non-hydrogen) atoms. The molecule has 3 nitrogen and oxygen atoms in total. The lowest BCUT2D eigenvalue weighted by Gasteiger charge is -2.22. The van der Waals surface area contributed by atoms with E-state index in [0.29, 0.717) is 13.2 Å². The fourth-order valence-electron chi connectivity index (χ4n) is 1.20. The Balaban J connectivity index is 2.71. The van der Waals surface area contributed by atoms with E-state index in [2.05, 4.69) is 15.9 Å². The fourth-order valence-corrected chi connectivity index (χ4v) is 2.80. The number of aliphatic hydroxyl groups is 1. The van der Waals surface area contributed by atoms with Gasteiger partial charge in [-0.15, -0.1) is 11.3 Å². The molecule has 0 aliphatic heterocycles. The molecule has 0 aliphatic rings. The van der Waals surface area contributed by atoms with Gasteiger partial charge in [-0.2, -0.15) is 0 Å². The topological polar surface area (TPSA) is 38.7 Å². The molecular formula is C10H15BrO3S. The number of hydrogen-bond donors (Lipinski definition) is 1. The Kier molecular flexibility index (Phi) is 5.78. The molecule has 0 aromatic carbocycles. The quantitative estimate of drug-likeness (QED) is 0.820. The molecule has 0 radical (unpaired) electrons. The highest BCUT2D eigenvalue weighted by atomic mass is 79.9. The largest absolute Gasteiger partial charge is 0.382 e. The number of halogens is 1. The summed E-state index contributed by atoms with van der Waals surface area (Å²) in [6.07, 6.45) is -1.32. The van der Waals surface area contributed by atoms with Crippen LogP contribution in [0.2, 0.25) is 0 Å². The van der Waals surface area contributed by atoms with Crippen LogP contribution < -0.4 is 0 Å². The van der Waals surface area contributed by atoms with Crippen LogP contribution in [0.5, 0.6) is 0 Å². The molecule has 1 heterocycles. The third kappa shape index (κ3) is 3.53. The second-order valence-corrected chi connectivity index (χ2v) is 4.66. The zero-order valence-corrected chi connectivity index (χ0v) is 11.2. The molecule has 0 saturated carbocycles. The van der Waals surface area contributed by atoms with Gasteiger partial charge in [-0.1, -0.05) is 0 Å². The summed E-state index contributed by atoms with van der Waals surface area (Å²) in [5.41, 5.74) is 0. The van der Waals surface area contributed by atoms with E-state index >= 15 is 0 Å². The maximum Gasteiger partial charge on any atom is 0.188 e. The zero-order valence-electron chi connectivity index (χ0n) is 8.77. The smallest absolute Gasteiger partial charge is 0.188 e. The van der Waals surface area contributed by atoms with Crippen molar-refractivity contribution in [2.24, 2.45) is 0 Å². The Morgan fingerprint density at radius 1 is 1.40 bits per heavy atom. The first-order chi connectivity index (χ1) is 7.20. The van der Waals surface area contributed by atoms with E-state index in [1.807, 2.05) is 25.3 Å². The van der Waals surface area contributed by atoms with Crippen LogP contribution in [0.3, 0.4) is 0 Å². The molecule has 1 unspecified atom stereocenters. The Bertz CT molecular complexity index is 284. The maximum atomic E-state index is 10.0. The molecule has 0 bridgehead atoms. The van der Waals surface area contributed by atoms with Crippen LogP contribution in [0.4, 0.5) is 0 Å². The zero-order chi connectivity index (χ0) is 11.3. The molecule has 0 fully saturated rings. The van der Waals surface area contributed by atoms with Crippen molar-refractivity contribution in [3.63, 3.8) is 0 Å². The minimum absolute atomic E-state index is 0.519. The molecule has 0 saturated heterocycles. The molecule has 0 amide bonds. The van der Waals surface area contributed by atoms with E-state index in [1.54, 1.807) is 0 Å². The van der Waals surface area contributed by atoms with Crippen molar-refractivity contribution in [2.75, 3.05) is 13.2 Å². The lowest BCUT2D eigenvalue weighted by atomic mass is 10.3. The summed E-state index contributed by atoms with van der Waals surface area (Å²) in [5.74, 6) is 0. The first kappa shape index (κ1) is 13.1. The van der Waals surface area contributed by atoms with Crippen LogP contribution in [-0.4, -0.2) is 24.6 Å². The predicted octanol–water partition coefficient (Wildman–Crippen LogP) is 2.94. The van der Waals surface area contributed by atoms with Gasteiger partial charge in [0.15, 0.2) is 6.29 Å². The molecule has 0 spiro atoms. The molecule has 1 aromatic heterocycles. The maximum absolute atomic E-state index is 10.0. The Hall–Kier alpha value is 0.0600. The van der Waals surface area contributed by atoms with Gasteiger partial charge in [-0.25, -0.2) is 0 Å². The summed E-state index contributed by atoms with van der Waals surface area (Å²) < 4.78 is 11.6. The molecule has 1 rings (SSSR count). The van der Waals surface area contributed by atoms with Crippen molar-refractivity contribution in [3.05, 3.63) is 20.8 Å². The number of thiophene rings is 1. The van der Waals surface area contributed by atoms with Crippen LogP contribution in [-0.2, 0) is 9.47 Å². The molecule has 1 N–H and O–H groups in total.